The predicted octanol–water partition coefficient (Wildman–Crippen LogP) is 0.145. The second kappa shape index (κ2) is 5.19. The van der Waals surface area contributed by atoms with Crippen molar-refractivity contribution in [1.29, 1.82) is 0 Å². The topological polar surface area (TPSA) is 52.6 Å². The average molecular weight is 186 g/mol. The Morgan fingerprint density at radius 2 is 2.31 bits per heavy atom. The molecule has 4 nitrogen and oxygen atoms in total. The number of nitrogens with zero attached hydrogens (tertiary/aromatic N) is 1. The van der Waals surface area contributed by atoms with Crippen LogP contribution in [0.2, 0.25) is 0 Å². The second-order valence-electron chi connectivity index (χ2n) is 3.64. The maximum absolute atomic E-state index is 10.5. The van der Waals surface area contributed by atoms with Gasteiger partial charge < -0.3 is 10.4 Å². The third-order valence-electron chi connectivity index (χ3n) is 2.55. The van der Waals surface area contributed by atoms with E-state index in [1.807, 2.05) is 11.9 Å². The molecule has 0 aromatic carbocycles. The molecule has 0 radical (unpaired) electrons. The molecule has 0 saturated carbocycles. The Hall–Kier alpha value is -0.610. The highest BCUT2D eigenvalue weighted by Gasteiger charge is 2.17. The van der Waals surface area contributed by atoms with Crippen molar-refractivity contribution < 1.29 is 9.90 Å². The van der Waals surface area contributed by atoms with Crippen LogP contribution in [0, 0.1) is 0 Å². The maximum atomic E-state index is 10.5. The summed E-state index contributed by atoms with van der Waals surface area (Å²) in [5, 5.41) is 11.9. The van der Waals surface area contributed by atoms with Crippen LogP contribution in [0.4, 0.5) is 0 Å². The van der Waals surface area contributed by atoms with Gasteiger partial charge in [-0.25, -0.2) is 0 Å². The number of hydrogen-bond donors (Lipinski definition) is 2. The molecule has 1 atom stereocenters. The standard InChI is InChI=1S/C9H18N2O2/c1-11(7-9(12)13)8-3-2-5-10-6-4-8/h8,10H,2-7H2,1H3,(H,12,13). The van der Waals surface area contributed by atoms with Gasteiger partial charge >= 0.3 is 5.97 Å². The van der Waals surface area contributed by atoms with Crippen LogP contribution in [0.3, 0.4) is 0 Å². The molecule has 76 valence electrons. The zero-order valence-electron chi connectivity index (χ0n) is 8.12. The number of carboxylic acids is 1. The molecule has 1 rings (SSSR count). The number of likely N-dealkylation sites (N-methyl/N-ethyl adjacent to an activating group) is 1. The van der Waals surface area contributed by atoms with E-state index in [1.54, 1.807) is 0 Å². The van der Waals surface area contributed by atoms with E-state index in [2.05, 4.69) is 5.32 Å². The summed E-state index contributed by atoms with van der Waals surface area (Å²) in [6.45, 7) is 2.23. The van der Waals surface area contributed by atoms with Gasteiger partial charge in [-0.3, -0.25) is 9.69 Å². The number of rotatable bonds is 3. The lowest BCUT2D eigenvalue weighted by atomic mass is 10.1. The highest BCUT2D eigenvalue weighted by atomic mass is 16.4. The lowest BCUT2D eigenvalue weighted by molar-refractivity contribution is -0.138. The van der Waals surface area contributed by atoms with Gasteiger partial charge in [-0.2, -0.15) is 0 Å². The lowest BCUT2D eigenvalue weighted by Gasteiger charge is -2.24. The van der Waals surface area contributed by atoms with Crippen molar-refractivity contribution >= 4 is 5.97 Å². The number of nitrogens with one attached hydrogen (secondary N) is 1. The molecular weight excluding hydrogens is 168 g/mol. The number of aliphatic carboxylic acids is 1. The van der Waals surface area contributed by atoms with Gasteiger partial charge in [0.05, 0.1) is 6.54 Å². The minimum Gasteiger partial charge on any atom is -0.480 e. The van der Waals surface area contributed by atoms with Gasteiger partial charge in [-0.05, 0) is 39.4 Å². The SMILES string of the molecule is CN(CC(=O)O)C1CCCNCC1. The Bertz CT molecular complexity index is 165. The fourth-order valence-electron chi connectivity index (χ4n) is 1.78. The van der Waals surface area contributed by atoms with E-state index in [1.165, 1.54) is 0 Å². The normalized spacial score (nSPS) is 24.3. The van der Waals surface area contributed by atoms with Crippen molar-refractivity contribution in [2.24, 2.45) is 0 Å². The number of hydrogen-bond acceptors (Lipinski definition) is 3. The Balaban J connectivity index is 2.34. The minimum absolute atomic E-state index is 0.157. The summed E-state index contributed by atoms with van der Waals surface area (Å²) >= 11 is 0. The van der Waals surface area contributed by atoms with E-state index in [0.29, 0.717) is 6.04 Å². The van der Waals surface area contributed by atoms with Crippen LogP contribution in [-0.2, 0) is 4.79 Å². The fourth-order valence-corrected chi connectivity index (χ4v) is 1.78. The fraction of sp³-hybridized carbons (Fsp3) is 0.889. The van der Waals surface area contributed by atoms with Crippen molar-refractivity contribution in [2.45, 2.75) is 25.3 Å². The molecule has 1 fully saturated rings. The van der Waals surface area contributed by atoms with Gasteiger partial charge in [0.2, 0.25) is 0 Å². The summed E-state index contributed by atoms with van der Waals surface area (Å²) in [6, 6.07) is 0.436. The third-order valence-corrected chi connectivity index (χ3v) is 2.55. The van der Waals surface area contributed by atoms with E-state index >= 15 is 0 Å². The van der Waals surface area contributed by atoms with E-state index < -0.39 is 5.97 Å². The molecule has 1 unspecified atom stereocenters. The van der Waals surface area contributed by atoms with Crippen molar-refractivity contribution in [3.05, 3.63) is 0 Å². The predicted molar refractivity (Wildman–Crippen MR) is 50.8 cm³/mol. The quantitative estimate of drug-likeness (QED) is 0.658. The van der Waals surface area contributed by atoms with E-state index in [4.69, 9.17) is 5.11 Å². The Kier molecular flexibility index (Phi) is 4.18. The molecule has 1 aliphatic heterocycles. The second-order valence-corrected chi connectivity index (χ2v) is 3.64. The van der Waals surface area contributed by atoms with Crippen LogP contribution >= 0.6 is 0 Å². The Morgan fingerprint density at radius 1 is 1.54 bits per heavy atom. The van der Waals surface area contributed by atoms with Crippen molar-refractivity contribution in [1.82, 2.24) is 10.2 Å². The summed E-state index contributed by atoms with van der Waals surface area (Å²) in [7, 11) is 1.89. The summed E-state index contributed by atoms with van der Waals surface area (Å²) in [6.07, 6.45) is 3.31. The van der Waals surface area contributed by atoms with Gasteiger partial charge in [0.15, 0.2) is 0 Å². The smallest absolute Gasteiger partial charge is 0.317 e. The van der Waals surface area contributed by atoms with Crippen LogP contribution in [0.1, 0.15) is 19.3 Å². The maximum Gasteiger partial charge on any atom is 0.317 e. The first-order valence-electron chi connectivity index (χ1n) is 4.83. The zero-order chi connectivity index (χ0) is 9.68. The first-order chi connectivity index (χ1) is 6.20. The van der Waals surface area contributed by atoms with Crippen LogP contribution in [-0.4, -0.2) is 48.7 Å². The largest absolute Gasteiger partial charge is 0.480 e. The summed E-state index contributed by atoms with van der Waals surface area (Å²) in [5.41, 5.74) is 0. The molecule has 1 aliphatic rings. The van der Waals surface area contributed by atoms with Crippen molar-refractivity contribution in [3.8, 4) is 0 Å². The van der Waals surface area contributed by atoms with Gasteiger partial charge in [0.25, 0.3) is 0 Å². The van der Waals surface area contributed by atoms with Gasteiger partial charge in [-0.15, -0.1) is 0 Å². The van der Waals surface area contributed by atoms with E-state index in [9.17, 15) is 4.79 Å². The minimum atomic E-state index is -0.736. The monoisotopic (exact) mass is 186 g/mol. The molecule has 0 bridgehead atoms. The molecule has 0 amide bonds. The van der Waals surface area contributed by atoms with Gasteiger partial charge in [-0.1, -0.05) is 0 Å². The van der Waals surface area contributed by atoms with Crippen LogP contribution in [0.25, 0.3) is 0 Å². The Morgan fingerprint density at radius 3 is 3.00 bits per heavy atom. The molecule has 1 saturated heterocycles. The van der Waals surface area contributed by atoms with Gasteiger partial charge in [0, 0.05) is 6.04 Å². The van der Waals surface area contributed by atoms with E-state index in [-0.39, 0.29) is 6.54 Å². The molecule has 1 heterocycles. The molecule has 13 heavy (non-hydrogen) atoms. The zero-order valence-corrected chi connectivity index (χ0v) is 8.12. The first kappa shape index (κ1) is 10.5. The van der Waals surface area contributed by atoms with Crippen molar-refractivity contribution in [2.75, 3.05) is 26.7 Å². The molecule has 0 aromatic heterocycles. The molecule has 0 aliphatic carbocycles. The number of carboxylic acid groups (broad SMARTS) is 1. The summed E-state index contributed by atoms with van der Waals surface area (Å²) in [4.78, 5) is 12.4. The highest BCUT2D eigenvalue weighted by molar-refractivity contribution is 5.69. The lowest BCUT2D eigenvalue weighted by Crippen LogP contribution is -2.36. The van der Waals surface area contributed by atoms with Crippen LogP contribution in [0.5, 0.6) is 0 Å². The average Bonchev–Trinajstić information content (AvgIpc) is 2.29. The highest BCUT2D eigenvalue weighted by Crippen LogP contribution is 2.10. The summed E-state index contributed by atoms with van der Waals surface area (Å²) in [5.74, 6) is -0.736. The van der Waals surface area contributed by atoms with E-state index in [0.717, 1.165) is 32.4 Å². The van der Waals surface area contributed by atoms with Crippen LogP contribution in [0.15, 0.2) is 0 Å². The molecule has 4 heteroatoms. The summed E-state index contributed by atoms with van der Waals surface area (Å²) < 4.78 is 0. The molecular formula is C9H18N2O2. The number of carbonyl (C=O) groups is 1. The third kappa shape index (κ3) is 3.74. The first-order valence-corrected chi connectivity index (χ1v) is 4.83. The molecule has 2 N–H and O–H groups in total. The van der Waals surface area contributed by atoms with Crippen molar-refractivity contribution in [3.63, 3.8) is 0 Å². The van der Waals surface area contributed by atoms with Gasteiger partial charge in [0.1, 0.15) is 0 Å². The molecule has 0 spiro atoms. The Labute approximate surface area is 78.9 Å². The van der Waals surface area contributed by atoms with Crippen LogP contribution < -0.4 is 5.32 Å². The molecule has 0 aromatic rings.